The summed E-state index contributed by atoms with van der Waals surface area (Å²) in [6.07, 6.45) is 3.30. The molecule has 0 unspecified atom stereocenters. The van der Waals surface area contributed by atoms with Gasteiger partial charge in [-0.2, -0.15) is 0 Å². The standard InChI is InChI=1S/C10H7N2O/c13-7-12-10-5-6-11-9-4-2-1-3-8(9)10/h1-6H,(H,11,12,13). The summed E-state index contributed by atoms with van der Waals surface area (Å²) < 4.78 is 0. The van der Waals surface area contributed by atoms with Crippen LogP contribution < -0.4 is 5.32 Å². The third-order valence-corrected chi connectivity index (χ3v) is 1.83. The summed E-state index contributed by atoms with van der Waals surface area (Å²) in [5, 5.41) is 3.43. The minimum absolute atomic E-state index is 0.737. The van der Waals surface area contributed by atoms with Gasteiger partial charge in [-0.15, -0.1) is 0 Å². The van der Waals surface area contributed by atoms with E-state index in [1.54, 1.807) is 18.7 Å². The summed E-state index contributed by atoms with van der Waals surface area (Å²) in [6, 6.07) is 9.35. The summed E-state index contributed by atoms with van der Waals surface area (Å²) >= 11 is 0. The van der Waals surface area contributed by atoms with Crippen molar-refractivity contribution >= 4 is 23.0 Å². The second-order valence-corrected chi connectivity index (χ2v) is 2.60. The van der Waals surface area contributed by atoms with Crippen molar-refractivity contribution in [1.29, 1.82) is 0 Å². The van der Waals surface area contributed by atoms with Gasteiger partial charge in [0.05, 0.1) is 11.2 Å². The van der Waals surface area contributed by atoms with Crippen LogP contribution in [0.5, 0.6) is 0 Å². The first-order chi connectivity index (χ1) is 6.42. The molecule has 1 aromatic heterocycles. The van der Waals surface area contributed by atoms with E-state index in [1.165, 1.54) is 0 Å². The Kier molecular flexibility index (Phi) is 1.92. The average molecular weight is 171 g/mol. The Balaban J connectivity index is 2.68. The first kappa shape index (κ1) is 7.73. The van der Waals surface area contributed by atoms with Gasteiger partial charge in [0.1, 0.15) is 0 Å². The van der Waals surface area contributed by atoms with Gasteiger partial charge in [-0.1, -0.05) is 18.2 Å². The Labute approximate surface area is 75.4 Å². The smallest absolute Gasteiger partial charge is 0.314 e. The number of para-hydroxylation sites is 1. The van der Waals surface area contributed by atoms with Crippen LogP contribution in [0.3, 0.4) is 0 Å². The molecule has 0 saturated carbocycles. The fourth-order valence-electron chi connectivity index (χ4n) is 1.26. The van der Waals surface area contributed by atoms with Crippen LogP contribution in [0.15, 0.2) is 36.5 Å². The van der Waals surface area contributed by atoms with E-state index in [0.717, 1.165) is 16.6 Å². The van der Waals surface area contributed by atoms with Crippen molar-refractivity contribution in [1.82, 2.24) is 4.98 Å². The predicted octanol–water partition coefficient (Wildman–Crippen LogP) is 1.71. The molecule has 1 radical (unpaired) electrons. The van der Waals surface area contributed by atoms with E-state index < -0.39 is 0 Å². The number of hydrogen-bond donors (Lipinski definition) is 1. The molecule has 3 heteroatoms. The molecule has 0 aliphatic carbocycles. The van der Waals surface area contributed by atoms with Crippen molar-refractivity contribution in [3.05, 3.63) is 36.5 Å². The Morgan fingerprint density at radius 3 is 2.92 bits per heavy atom. The lowest BCUT2D eigenvalue weighted by atomic mass is 10.2. The molecule has 3 nitrogen and oxygen atoms in total. The van der Waals surface area contributed by atoms with Crippen molar-refractivity contribution in [2.45, 2.75) is 0 Å². The molecule has 63 valence electrons. The molecule has 2 aromatic rings. The minimum atomic E-state index is 0.737. The number of benzene rings is 1. The molecule has 1 aromatic carbocycles. The van der Waals surface area contributed by atoms with Crippen LogP contribution in [0.25, 0.3) is 10.9 Å². The van der Waals surface area contributed by atoms with Crippen LogP contribution in [0, 0.1) is 0 Å². The molecule has 0 aliphatic heterocycles. The van der Waals surface area contributed by atoms with Crippen LogP contribution in [-0.4, -0.2) is 11.4 Å². The quantitative estimate of drug-likeness (QED) is 0.699. The van der Waals surface area contributed by atoms with Gasteiger partial charge in [0, 0.05) is 11.6 Å². The van der Waals surface area contributed by atoms with Crippen LogP contribution in [0.4, 0.5) is 5.69 Å². The van der Waals surface area contributed by atoms with Gasteiger partial charge >= 0.3 is 6.41 Å². The Morgan fingerprint density at radius 1 is 1.23 bits per heavy atom. The number of anilines is 1. The number of nitrogens with zero attached hydrogens (tertiary/aromatic N) is 1. The summed E-state index contributed by atoms with van der Waals surface area (Å²) in [6.45, 7) is 0. The normalized spacial score (nSPS) is 9.85. The molecular formula is C10H7N2O. The second-order valence-electron chi connectivity index (χ2n) is 2.60. The summed E-state index contributed by atoms with van der Waals surface area (Å²) in [4.78, 5) is 14.3. The predicted molar refractivity (Wildman–Crippen MR) is 51.1 cm³/mol. The van der Waals surface area contributed by atoms with Crippen molar-refractivity contribution in [2.24, 2.45) is 0 Å². The zero-order valence-corrected chi connectivity index (χ0v) is 6.82. The lowest BCUT2D eigenvalue weighted by molar-refractivity contribution is 0.561. The molecule has 1 N–H and O–H groups in total. The monoisotopic (exact) mass is 171 g/mol. The number of fused-ring (bicyclic) bond motifs is 1. The van der Waals surface area contributed by atoms with E-state index in [9.17, 15) is 4.79 Å². The number of pyridine rings is 1. The lowest BCUT2D eigenvalue weighted by Crippen LogP contribution is -1.94. The van der Waals surface area contributed by atoms with E-state index in [4.69, 9.17) is 0 Å². The molecule has 0 aliphatic rings. The number of carbonyl (C=O) groups excluding carboxylic acids is 1. The third kappa shape index (κ3) is 1.36. The van der Waals surface area contributed by atoms with E-state index >= 15 is 0 Å². The molecule has 0 spiro atoms. The van der Waals surface area contributed by atoms with Crippen LogP contribution in [0.2, 0.25) is 0 Å². The zero-order chi connectivity index (χ0) is 9.10. The van der Waals surface area contributed by atoms with Gasteiger partial charge in [-0.05, 0) is 12.1 Å². The maximum Gasteiger partial charge on any atom is 0.314 e. The Bertz CT molecular complexity index is 434. The Morgan fingerprint density at radius 2 is 2.08 bits per heavy atom. The highest BCUT2D eigenvalue weighted by atomic mass is 16.1. The first-order valence-electron chi connectivity index (χ1n) is 3.89. The number of rotatable bonds is 2. The van der Waals surface area contributed by atoms with Crippen LogP contribution in [0.1, 0.15) is 0 Å². The molecule has 0 fully saturated rings. The van der Waals surface area contributed by atoms with E-state index in [0.29, 0.717) is 0 Å². The number of amides is 1. The summed E-state index contributed by atoms with van der Waals surface area (Å²) in [5.41, 5.74) is 1.60. The van der Waals surface area contributed by atoms with Gasteiger partial charge < -0.3 is 5.32 Å². The van der Waals surface area contributed by atoms with Gasteiger partial charge in [0.25, 0.3) is 0 Å². The van der Waals surface area contributed by atoms with Crippen molar-refractivity contribution < 1.29 is 4.79 Å². The molecule has 1 heterocycles. The molecular weight excluding hydrogens is 164 g/mol. The van der Waals surface area contributed by atoms with Gasteiger partial charge in [-0.3, -0.25) is 9.78 Å². The first-order valence-corrected chi connectivity index (χ1v) is 3.89. The van der Waals surface area contributed by atoms with Gasteiger partial charge in [0.2, 0.25) is 0 Å². The maximum atomic E-state index is 10.2. The van der Waals surface area contributed by atoms with Crippen LogP contribution >= 0.6 is 0 Å². The van der Waals surface area contributed by atoms with E-state index in [-0.39, 0.29) is 0 Å². The highest BCUT2D eigenvalue weighted by Crippen LogP contribution is 2.19. The summed E-state index contributed by atoms with van der Waals surface area (Å²) in [7, 11) is 0. The number of aromatic nitrogens is 1. The van der Waals surface area contributed by atoms with E-state index in [2.05, 4.69) is 10.3 Å². The fourth-order valence-corrected chi connectivity index (χ4v) is 1.26. The maximum absolute atomic E-state index is 10.2. The highest BCUT2D eigenvalue weighted by Gasteiger charge is 1.98. The zero-order valence-electron chi connectivity index (χ0n) is 6.82. The molecule has 0 atom stereocenters. The van der Waals surface area contributed by atoms with Crippen molar-refractivity contribution in [2.75, 3.05) is 5.32 Å². The molecule has 1 amide bonds. The molecule has 13 heavy (non-hydrogen) atoms. The van der Waals surface area contributed by atoms with E-state index in [1.807, 2.05) is 24.3 Å². The molecule has 2 rings (SSSR count). The molecule has 0 bridgehead atoms. The topological polar surface area (TPSA) is 42.0 Å². The summed E-state index contributed by atoms with van der Waals surface area (Å²) in [5.74, 6) is 0. The van der Waals surface area contributed by atoms with Crippen LogP contribution in [-0.2, 0) is 4.79 Å². The van der Waals surface area contributed by atoms with Gasteiger partial charge in [0.15, 0.2) is 0 Å². The minimum Gasteiger partial charge on any atom is -0.317 e. The molecule has 0 saturated heterocycles. The lowest BCUT2D eigenvalue weighted by Gasteiger charge is -2.01. The number of nitrogens with one attached hydrogen (secondary N) is 1. The Hall–Kier alpha value is -1.90. The highest BCUT2D eigenvalue weighted by molar-refractivity contribution is 5.94. The number of hydrogen-bond acceptors (Lipinski definition) is 2. The fraction of sp³-hybridized carbons (Fsp3) is 0. The SMILES string of the molecule is O=[C]Nc1ccnc2ccccc12. The van der Waals surface area contributed by atoms with Crippen molar-refractivity contribution in [3.8, 4) is 0 Å². The second kappa shape index (κ2) is 3.23. The van der Waals surface area contributed by atoms with Crippen molar-refractivity contribution in [3.63, 3.8) is 0 Å². The largest absolute Gasteiger partial charge is 0.317 e. The van der Waals surface area contributed by atoms with Gasteiger partial charge in [-0.25, -0.2) is 0 Å². The third-order valence-electron chi connectivity index (χ3n) is 1.83. The average Bonchev–Trinajstić information content (AvgIpc) is 2.19.